The first-order valence-corrected chi connectivity index (χ1v) is 6.56. The first kappa shape index (κ1) is 13.1. The third kappa shape index (κ3) is 2.74. The summed E-state index contributed by atoms with van der Waals surface area (Å²) < 4.78 is 2.02. The Labute approximate surface area is 113 Å². The fourth-order valence-corrected chi connectivity index (χ4v) is 2.26. The average molecular weight is 264 g/mol. The van der Waals surface area contributed by atoms with E-state index in [0.717, 1.165) is 29.2 Å². The van der Waals surface area contributed by atoms with Crippen LogP contribution >= 0.6 is 11.6 Å². The Hall–Kier alpha value is -1.32. The molecule has 0 radical (unpaired) electrons. The molecule has 0 saturated heterocycles. The Morgan fingerprint density at radius 2 is 2.17 bits per heavy atom. The molecule has 1 heterocycles. The molecule has 0 aliphatic rings. The first-order valence-electron chi connectivity index (χ1n) is 6.18. The van der Waals surface area contributed by atoms with Gasteiger partial charge in [-0.2, -0.15) is 0 Å². The smallest absolute Gasteiger partial charge is 0.0946 e. The zero-order valence-corrected chi connectivity index (χ0v) is 11.5. The van der Waals surface area contributed by atoms with Crippen LogP contribution in [-0.4, -0.2) is 16.1 Å². The monoisotopic (exact) mass is 263 g/mol. The molecule has 96 valence electrons. The van der Waals surface area contributed by atoms with Crippen LogP contribution in [0.4, 0.5) is 0 Å². The van der Waals surface area contributed by atoms with Crippen LogP contribution in [0.5, 0.6) is 0 Å². The van der Waals surface area contributed by atoms with E-state index in [0.29, 0.717) is 0 Å². The number of aryl methyl sites for hydroxylation is 1. The molecule has 0 fully saturated rings. The van der Waals surface area contributed by atoms with E-state index in [9.17, 15) is 0 Å². The van der Waals surface area contributed by atoms with E-state index in [2.05, 4.69) is 23.3 Å². The number of nitrogens with one attached hydrogen (secondary N) is 1. The van der Waals surface area contributed by atoms with Crippen molar-refractivity contribution in [3.8, 4) is 0 Å². The van der Waals surface area contributed by atoms with Gasteiger partial charge in [0.05, 0.1) is 24.3 Å². The van der Waals surface area contributed by atoms with Gasteiger partial charge in [0.15, 0.2) is 0 Å². The molecule has 2 aromatic rings. The Morgan fingerprint density at radius 3 is 2.78 bits per heavy atom. The van der Waals surface area contributed by atoms with Crippen LogP contribution in [0.2, 0.25) is 5.02 Å². The van der Waals surface area contributed by atoms with Crippen molar-refractivity contribution in [2.45, 2.75) is 19.4 Å². The summed E-state index contributed by atoms with van der Waals surface area (Å²) in [6, 6.07) is 8.03. The van der Waals surface area contributed by atoms with Gasteiger partial charge < -0.3 is 9.88 Å². The third-order valence-electron chi connectivity index (χ3n) is 2.96. The van der Waals surface area contributed by atoms with Crippen LogP contribution in [0.15, 0.2) is 36.8 Å². The Morgan fingerprint density at radius 1 is 1.39 bits per heavy atom. The normalized spacial score (nSPS) is 12.6. The molecule has 3 nitrogen and oxygen atoms in total. The van der Waals surface area contributed by atoms with E-state index in [1.807, 2.05) is 42.3 Å². The topological polar surface area (TPSA) is 29.9 Å². The number of rotatable bonds is 5. The fourth-order valence-electron chi connectivity index (χ4n) is 2.02. The molecule has 0 aliphatic heterocycles. The number of benzene rings is 1. The van der Waals surface area contributed by atoms with E-state index in [4.69, 9.17) is 11.6 Å². The van der Waals surface area contributed by atoms with Gasteiger partial charge in [0, 0.05) is 12.1 Å². The fraction of sp³-hybridized carbons (Fsp3) is 0.357. The van der Waals surface area contributed by atoms with E-state index >= 15 is 0 Å². The summed E-state index contributed by atoms with van der Waals surface area (Å²) in [4.78, 5) is 4.19. The minimum Gasteiger partial charge on any atom is -0.336 e. The molecule has 1 atom stereocenters. The zero-order chi connectivity index (χ0) is 13.0. The molecule has 1 unspecified atom stereocenters. The number of hydrogen-bond acceptors (Lipinski definition) is 2. The van der Waals surface area contributed by atoms with Crippen LogP contribution in [0.25, 0.3) is 0 Å². The second-order valence-corrected chi connectivity index (χ2v) is 4.75. The molecule has 1 N–H and O–H groups in total. The number of halogens is 1. The van der Waals surface area contributed by atoms with Crippen molar-refractivity contribution < 1.29 is 0 Å². The maximum Gasteiger partial charge on any atom is 0.0946 e. The molecule has 4 heteroatoms. The highest BCUT2D eigenvalue weighted by molar-refractivity contribution is 6.31. The largest absolute Gasteiger partial charge is 0.336 e. The lowest BCUT2D eigenvalue weighted by Gasteiger charge is -2.20. The molecule has 1 aromatic carbocycles. The summed E-state index contributed by atoms with van der Waals surface area (Å²) in [6.07, 6.45) is 4.78. The van der Waals surface area contributed by atoms with E-state index in [-0.39, 0.29) is 6.04 Å². The van der Waals surface area contributed by atoms with E-state index in [1.165, 1.54) is 0 Å². The Kier molecular flexibility index (Phi) is 4.39. The van der Waals surface area contributed by atoms with Gasteiger partial charge in [0.25, 0.3) is 0 Å². The molecule has 18 heavy (non-hydrogen) atoms. The second kappa shape index (κ2) is 6.03. The van der Waals surface area contributed by atoms with Gasteiger partial charge in [0.1, 0.15) is 0 Å². The van der Waals surface area contributed by atoms with Crippen LogP contribution in [-0.2, 0) is 7.05 Å². The highest BCUT2D eigenvalue weighted by atomic mass is 35.5. The van der Waals surface area contributed by atoms with Crippen molar-refractivity contribution in [1.82, 2.24) is 14.9 Å². The number of hydrogen-bond donors (Lipinski definition) is 1. The molecule has 0 spiro atoms. The first-order chi connectivity index (χ1) is 8.74. The van der Waals surface area contributed by atoms with Crippen LogP contribution < -0.4 is 5.32 Å². The van der Waals surface area contributed by atoms with Crippen LogP contribution in [0, 0.1) is 0 Å². The quantitative estimate of drug-likeness (QED) is 0.898. The van der Waals surface area contributed by atoms with Crippen molar-refractivity contribution in [2.24, 2.45) is 7.05 Å². The summed E-state index contributed by atoms with van der Waals surface area (Å²) in [6.45, 7) is 3.10. The van der Waals surface area contributed by atoms with Crippen LogP contribution in [0.3, 0.4) is 0 Å². The molecule has 0 saturated carbocycles. The summed E-state index contributed by atoms with van der Waals surface area (Å²) in [5.41, 5.74) is 2.22. The lowest BCUT2D eigenvalue weighted by atomic mass is 10.0. The van der Waals surface area contributed by atoms with Gasteiger partial charge in [-0.25, -0.2) is 4.98 Å². The number of nitrogens with zero attached hydrogens (tertiary/aromatic N) is 2. The highest BCUT2D eigenvalue weighted by Crippen LogP contribution is 2.27. The molecule has 1 aromatic heterocycles. The Balaban J connectivity index is 2.37. The zero-order valence-electron chi connectivity index (χ0n) is 10.7. The van der Waals surface area contributed by atoms with Gasteiger partial charge >= 0.3 is 0 Å². The van der Waals surface area contributed by atoms with Gasteiger partial charge in [0.2, 0.25) is 0 Å². The number of imidazole rings is 1. The molecule has 2 rings (SSSR count). The van der Waals surface area contributed by atoms with Crippen molar-refractivity contribution in [2.75, 3.05) is 6.54 Å². The van der Waals surface area contributed by atoms with Crippen molar-refractivity contribution in [3.05, 3.63) is 53.1 Å². The van der Waals surface area contributed by atoms with Gasteiger partial charge in [-0.1, -0.05) is 36.7 Å². The van der Waals surface area contributed by atoms with Crippen molar-refractivity contribution in [3.63, 3.8) is 0 Å². The predicted octanol–water partition coefficient (Wildman–Crippen LogP) is 3.16. The Bertz CT molecular complexity index is 507. The minimum absolute atomic E-state index is 0.0890. The van der Waals surface area contributed by atoms with Gasteiger partial charge in [-0.05, 0) is 24.6 Å². The third-order valence-corrected chi connectivity index (χ3v) is 3.31. The lowest BCUT2D eigenvalue weighted by molar-refractivity contribution is 0.569. The van der Waals surface area contributed by atoms with Gasteiger partial charge in [-0.15, -0.1) is 0 Å². The predicted molar refractivity (Wildman–Crippen MR) is 74.8 cm³/mol. The van der Waals surface area contributed by atoms with Gasteiger partial charge in [-0.3, -0.25) is 0 Å². The molecular weight excluding hydrogens is 246 g/mol. The summed E-state index contributed by atoms with van der Waals surface area (Å²) in [7, 11) is 2.00. The molecular formula is C14H18ClN3. The lowest BCUT2D eigenvalue weighted by Crippen LogP contribution is -2.25. The maximum atomic E-state index is 6.30. The van der Waals surface area contributed by atoms with Crippen LogP contribution in [0.1, 0.15) is 30.6 Å². The second-order valence-electron chi connectivity index (χ2n) is 4.34. The average Bonchev–Trinajstić information content (AvgIpc) is 2.78. The molecule has 0 amide bonds. The van der Waals surface area contributed by atoms with E-state index in [1.54, 1.807) is 0 Å². The molecule has 0 bridgehead atoms. The van der Waals surface area contributed by atoms with E-state index < -0.39 is 0 Å². The SMILES string of the molecule is CCCNC(c1ccccc1Cl)c1cncn1C. The molecule has 0 aliphatic carbocycles. The summed E-state index contributed by atoms with van der Waals surface area (Å²) in [5, 5.41) is 4.31. The standard InChI is InChI=1S/C14H18ClN3/c1-3-8-17-14(13-9-16-10-18(13)2)11-6-4-5-7-12(11)15/h4-7,9-10,14,17H,3,8H2,1-2H3. The highest BCUT2D eigenvalue weighted by Gasteiger charge is 2.18. The summed E-state index contributed by atoms with van der Waals surface area (Å²) in [5.74, 6) is 0. The van der Waals surface area contributed by atoms with Crippen molar-refractivity contribution in [1.29, 1.82) is 0 Å². The maximum absolute atomic E-state index is 6.30. The minimum atomic E-state index is 0.0890. The summed E-state index contributed by atoms with van der Waals surface area (Å²) >= 11 is 6.30. The number of aromatic nitrogens is 2. The van der Waals surface area contributed by atoms with Crippen molar-refractivity contribution >= 4 is 11.6 Å².